The lowest BCUT2D eigenvalue weighted by atomic mass is 10.1. The number of benzene rings is 2. The van der Waals surface area contributed by atoms with Gasteiger partial charge in [0.15, 0.2) is 0 Å². The Balaban J connectivity index is 1.53. The fourth-order valence-electron chi connectivity index (χ4n) is 2.85. The van der Waals surface area contributed by atoms with E-state index in [4.69, 9.17) is 9.47 Å². The number of carbonyl (C=O) groups excluding carboxylic acids is 1. The maximum atomic E-state index is 12.5. The average molecular weight is 331 g/mol. The standard InChI is InChI=1S/C21H17NO3/c1-14(17-10-15-6-2-4-8-19(15)22-12-17)25-21(23)18-11-16-7-3-5-9-20(16)24-13-18/h2-12,14H,13H2,1H3. The SMILES string of the molecule is CC(OC(=O)C1=Cc2ccccc2OC1)c1cnc2ccccc2c1. The smallest absolute Gasteiger partial charge is 0.338 e. The largest absolute Gasteiger partial charge is 0.488 e. The van der Waals surface area contributed by atoms with Gasteiger partial charge < -0.3 is 9.47 Å². The zero-order valence-electron chi connectivity index (χ0n) is 13.8. The quantitative estimate of drug-likeness (QED) is 0.671. The molecule has 0 radical (unpaired) electrons. The van der Waals surface area contributed by atoms with Gasteiger partial charge in [0, 0.05) is 22.7 Å². The van der Waals surface area contributed by atoms with E-state index in [0.29, 0.717) is 5.57 Å². The van der Waals surface area contributed by atoms with Crippen molar-refractivity contribution in [2.75, 3.05) is 6.61 Å². The van der Waals surface area contributed by atoms with Crippen LogP contribution in [0.2, 0.25) is 0 Å². The van der Waals surface area contributed by atoms with Gasteiger partial charge in [-0.2, -0.15) is 0 Å². The van der Waals surface area contributed by atoms with Crippen molar-refractivity contribution in [2.45, 2.75) is 13.0 Å². The summed E-state index contributed by atoms with van der Waals surface area (Å²) in [6.07, 6.45) is 3.19. The molecule has 0 amide bonds. The van der Waals surface area contributed by atoms with E-state index in [2.05, 4.69) is 4.98 Å². The van der Waals surface area contributed by atoms with Gasteiger partial charge in [0.1, 0.15) is 18.5 Å². The van der Waals surface area contributed by atoms with Crippen LogP contribution in [0.15, 0.2) is 66.4 Å². The number of hydrogen-bond donors (Lipinski definition) is 0. The van der Waals surface area contributed by atoms with E-state index in [-0.39, 0.29) is 18.7 Å². The van der Waals surface area contributed by atoms with Gasteiger partial charge in [-0.3, -0.25) is 4.98 Å². The Labute approximate surface area is 145 Å². The highest BCUT2D eigenvalue weighted by atomic mass is 16.5. The van der Waals surface area contributed by atoms with E-state index in [1.165, 1.54) is 0 Å². The number of hydrogen-bond acceptors (Lipinski definition) is 4. The molecule has 0 spiro atoms. The van der Waals surface area contributed by atoms with Crippen LogP contribution in [0.25, 0.3) is 17.0 Å². The lowest BCUT2D eigenvalue weighted by Gasteiger charge is -2.19. The predicted octanol–water partition coefficient (Wildman–Crippen LogP) is 4.32. The van der Waals surface area contributed by atoms with Crippen molar-refractivity contribution < 1.29 is 14.3 Å². The van der Waals surface area contributed by atoms with E-state index in [9.17, 15) is 4.79 Å². The first-order valence-electron chi connectivity index (χ1n) is 8.19. The summed E-state index contributed by atoms with van der Waals surface area (Å²) in [6, 6.07) is 17.5. The monoisotopic (exact) mass is 331 g/mol. The Kier molecular flexibility index (Phi) is 3.94. The predicted molar refractivity (Wildman–Crippen MR) is 96.2 cm³/mol. The summed E-state index contributed by atoms with van der Waals surface area (Å²) in [5.41, 5.74) is 3.19. The van der Waals surface area contributed by atoms with Crippen LogP contribution in [0.1, 0.15) is 24.2 Å². The minimum Gasteiger partial charge on any atom is -0.488 e. The molecule has 0 bridgehead atoms. The van der Waals surface area contributed by atoms with E-state index in [0.717, 1.165) is 27.8 Å². The summed E-state index contributed by atoms with van der Waals surface area (Å²) in [4.78, 5) is 16.9. The van der Waals surface area contributed by atoms with Crippen molar-refractivity contribution in [1.29, 1.82) is 0 Å². The molecule has 1 unspecified atom stereocenters. The highest BCUT2D eigenvalue weighted by Crippen LogP contribution is 2.27. The second-order valence-electron chi connectivity index (χ2n) is 6.00. The number of pyridine rings is 1. The molecule has 1 aliphatic rings. The van der Waals surface area contributed by atoms with Crippen LogP contribution in [0, 0.1) is 0 Å². The molecule has 25 heavy (non-hydrogen) atoms. The van der Waals surface area contributed by atoms with Crippen LogP contribution in [-0.2, 0) is 9.53 Å². The fourth-order valence-corrected chi connectivity index (χ4v) is 2.85. The zero-order valence-corrected chi connectivity index (χ0v) is 13.8. The molecule has 1 aromatic heterocycles. The molecule has 2 aromatic carbocycles. The van der Waals surface area contributed by atoms with Crippen LogP contribution in [-0.4, -0.2) is 17.6 Å². The van der Waals surface area contributed by atoms with E-state index in [1.807, 2.05) is 67.6 Å². The topological polar surface area (TPSA) is 48.4 Å². The van der Waals surface area contributed by atoms with Gasteiger partial charge in [-0.05, 0) is 31.2 Å². The third-order valence-electron chi connectivity index (χ3n) is 4.26. The Morgan fingerprint density at radius 3 is 2.88 bits per heavy atom. The summed E-state index contributed by atoms with van der Waals surface area (Å²) >= 11 is 0. The maximum absolute atomic E-state index is 12.5. The minimum atomic E-state index is -0.386. The van der Waals surface area contributed by atoms with Crippen LogP contribution in [0.5, 0.6) is 5.75 Å². The molecule has 2 heterocycles. The summed E-state index contributed by atoms with van der Waals surface area (Å²) in [6.45, 7) is 2.07. The number of para-hydroxylation sites is 2. The second kappa shape index (κ2) is 6.40. The highest BCUT2D eigenvalue weighted by molar-refractivity contribution is 5.95. The Hall–Kier alpha value is -3.14. The van der Waals surface area contributed by atoms with Crippen molar-refractivity contribution in [2.24, 2.45) is 0 Å². The second-order valence-corrected chi connectivity index (χ2v) is 6.00. The van der Waals surface area contributed by atoms with Crippen LogP contribution in [0.4, 0.5) is 0 Å². The van der Waals surface area contributed by atoms with Crippen LogP contribution < -0.4 is 4.74 Å². The molecule has 4 nitrogen and oxygen atoms in total. The van der Waals surface area contributed by atoms with Gasteiger partial charge in [0.25, 0.3) is 0 Å². The number of rotatable bonds is 3. The first kappa shape index (κ1) is 15.4. The third kappa shape index (κ3) is 3.11. The lowest BCUT2D eigenvalue weighted by Crippen LogP contribution is -2.18. The first-order chi connectivity index (χ1) is 12.2. The molecule has 3 aromatic rings. The molecule has 4 rings (SSSR count). The fraction of sp³-hybridized carbons (Fsp3) is 0.143. The molecule has 1 atom stereocenters. The van der Waals surface area contributed by atoms with Gasteiger partial charge in [0.05, 0.1) is 11.1 Å². The molecular weight excluding hydrogens is 314 g/mol. The number of esters is 1. The molecular formula is C21H17NO3. The lowest BCUT2D eigenvalue weighted by molar-refractivity contribution is -0.144. The number of ether oxygens (including phenoxy) is 2. The number of nitrogens with zero attached hydrogens (tertiary/aromatic N) is 1. The number of fused-ring (bicyclic) bond motifs is 2. The molecule has 124 valence electrons. The summed E-state index contributed by atoms with van der Waals surface area (Å²) < 4.78 is 11.2. The number of carbonyl (C=O) groups is 1. The van der Waals surface area contributed by atoms with E-state index < -0.39 is 0 Å². The first-order valence-corrected chi connectivity index (χ1v) is 8.19. The van der Waals surface area contributed by atoms with Crippen LogP contribution in [0.3, 0.4) is 0 Å². The molecule has 0 fully saturated rings. The van der Waals surface area contributed by atoms with Gasteiger partial charge in [-0.15, -0.1) is 0 Å². The number of aromatic nitrogens is 1. The Bertz CT molecular complexity index is 978. The molecule has 0 saturated carbocycles. The Morgan fingerprint density at radius 1 is 1.16 bits per heavy atom. The maximum Gasteiger partial charge on any atom is 0.338 e. The summed E-state index contributed by atoms with van der Waals surface area (Å²) in [5, 5.41) is 1.03. The molecule has 4 heteroatoms. The molecule has 0 aliphatic carbocycles. The highest BCUT2D eigenvalue weighted by Gasteiger charge is 2.21. The molecule has 1 aliphatic heterocycles. The van der Waals surface area contributed by atoms with E-state index >= 15 is 0 Å². The zero-order chi connectivity index (χ0) is 17.2. The van der Waals surface area contributed by atoms with Crippen LogP contribution >= 0.6 is 0 Å². The molecule has 0 saturated heterocycles. The Morgan fingerprint density at radius 2 is 1.96 bits per heavy atom. The van der Waals surface area contributed by atoms with E-state index in [1.54, 1.807) is 6.20 Å². The average Bonchev–Trinajstić information content (AvgIpc) is 2.67. The minimum absolute atomic E-state index is 0.221. The van der Waals surface area contributed by atoms with Gasteiger partial charge in [-0.1, -0.05) is 36.4 Å². The van der Waals surface area contributed by atoms with Crippen molar-refractivity contribution in [3.63, 3.8) is 0 Å². The normalized spacial score (nSPS) is 14.2. The summed E-state index contributed by atoms with van der Waals surface area (Å²) in [7, 11) is 0. The third-order valence-corrected chi connectivity index (χ3v) is 4.26. The van der Waals surface area contributed by atoms with Crippen molar-refractivity contribution in [1.82, 2.24) is 4.98 Å². The van der Waals surface area contributed by atoms with Gasteiger partial charge in [-0.25, -0.2) is 4.79 Å². The van der Waals surface area contributed by atoms with Crippen molar-refractivity contribution >= 4 is 22.9 Å². The summed E-state index contributed by atoms with van der Waals surface area (Å²) in [5.74, 6) is 0.418. The molecule has 0 N–H and O–H groups in total. The van der Waals surface area contributed by atoms with Gasteiger partial charge in [0.2, 0.25) is 0 Å². The van der Waals surface area contributed by atoms with Gasteiger partial charge >= 0.3 is 5.97 Å². The van der Waals surface area contributed by atoms with Crippen molar-refractivity contribution in [3.05, 3.63) is 77.5 Å². The van der Waals surface area contributed by atoms with Crippen molar-refractivity contribution in [3.8, 4) is 5.75 Å².